The van der Waals surface area contributed by atoms with Gasteiger partial charge in [0.15, 0.2) is 5.02 Å². The van der Waals surface area contributed by atoms with Crippen LogP contribution in [0, 0.1) is 0 Å². The molecule has 1 aliphatic heterocycles. The second-order valence-corrected chi connectivity index (χ2v) is 14.0. The molecule has 0 saturated carbocycles. The van der Waals surface area contributed by atoms with Crippen LogP contribution >= 0.6 is 56.7 Å². The van der Waals surface area contributed by atoms with Gasteiger partial charge in [0.05, 0.1) is 0 Å². The van der Waals surface area contributed by atoms with Gasteiger partial charge in [0.25, 0.3) is 11.7 Å². The first-order valence-electron chi connectivity index (χ1n) is 4.45. The van der Waals surface area contributed by atoms with Crippen molar-refractivity contribution in [3.05, 3.63) is 0 Å². The normalized spacial score (nSPS) is 23.5. The largest absolute Gasteiger partial charge is 0.295 e. The average molecular weight is 333 g/mol. The molecule has 1 saturated heterocycles. The zero-order valence-corrected chi connectivity index (χ0v) is 12.6. The number of hydrogen-bond acceptors (Lipinski definition) is 3. The van der Waals surface area contributed by atoms with Gasteiger partial charge in [0, 0.05) is 0 Å². The van der Waals surface area contributed by atoms with Crippen molar-refractivity contribution in [2.24, 2.45) is 0 Å². The van der Waals surface area contributed by atoms with Gasteiger partial charge < -0.3 is 0 Å². The fraction of sp³-hybridized carbons (Fsp3) is 1.00. The third-order valence-corrected chi connectivity index (χ3v) is 11.5. The third kappa shape index (κ3) is 3.07. The Kier molecular flexibility index (Phi) is 4.94. The van der Waals surface area contributed by atoms with Crippen LogP contribution in [0.3, 0.4) is 0 Å². The van der Waals surface area contributed by atoms with Gasteiger partial charge in [-0.15, -0.1) is 0 Å². The molecule has 0 atom stereocenters. The molecule has 90 valence electrons. The highest BCUT2D eigenvalue weighted by molar-refractivity contribution is 8.22. The molecule has 1 heterocycles. The lowest BCUT2D eigenvalue weighted by molar-refractivity contribution is 0.511. The molecule has 0 amide bonds. The molecule has 0 radical (unpaired) electrons. The van der Waals surface area contributed by atoms with Crippen molar-refractivity contribution in [2.45, 2.75) is 30.7 Å². The van der Waals surface area contributed by atoms with Crippen LogP contribution in [0.1, 0.15) is 25.7 Å². The standard InChI is InChI=1S/C6H11Cl4NO2P2/c7-14(8,12)6(15(9,10)13)4-2-1-3-5-11-6/h11H,1-5H2. The highest BCUT2D eigenvalue weighted by atomic mass is 35.9. The van der Waals surface area contributed by atoms with Crippen LogP contribution in [0.25, 0.3) is 0 Å². The Morgan fingerprint density at radius 1 is 0.933 bits per heavy atom. The molecular weight excluding hydrogens is 322 g/mol. The number of halogens is 4. The van der Waals surface area contributed by atoms with E-state index in [1.54, 1.807) is 0 Å². The SMILES string of the molecule is O=P(Cl)(Cl)C1(P(=O)(Cl)Cl)CCCCCN1. The lowest BCUT2D eigenvalue weighted by Gasteiger charge is -2.34. The zero-order chi connectivity index (χ0) is 11.7. The van der Waals surface area contributed by atoms with Gasteiger partial charge >= 0.3 is 0 Å². The zero-order valence-electron chi connectivity index (χ0n) is 7.76. The Labute approximate surface area is 108 Å². The van der Waals surface area contributed by atoms with Gasteiger partial charge in [-0.3, -0.25) is 14.4 Å². The molecule has 0 aliphatic carbocycles. The lowest BCUT2D eigenvalue weighted by Crippen LogP contribution is -2.39. The van der Waals surface area contributed by atoms with Crippen molar-refractivity contribution in [2.75, 3.05) is 6.54 Å². The maximum atomic E-state index is 11.8. The molecule has 9 heteroatoms. The Morgan fingerprint density at radius 3 is 1.93 bits per heavy atom. The van der Waals surface area contributed by atoms with E-state index in [-0.39, 0.29) is 6.42 Å². The van der Waals surface area contributed by atoms with Crippen molar-refractivity contribution < 1.29 is 9.13 Å². The molecule has 0 unspecified atom stereocenters. The van der Waals surface area contributed by atoms with Crippen LogP contribution in [-0.4, -0.2) is 11.6 Å². The van der Waals surface area contributed by atoms with Crippen molar-refractivity contribution >= 4 is 56.7 Å². The van der Waals surface area contributed by atoms with Gasteiger partial charge in [-0.2, -0.15) is 0 Å². The topological polar surface area (TPSA) is 46.2 Å². The van der Waals surface area contributed by atoms with Crippen molar-refractivity contribution in [3.8, 4) is 0 Å². The van der Waals surface area contributed by atoms with Gasteiger partial charge in [0.1, 0.15) is 0 Å². The molecule has 15 heavy (non-hydrogen) atoms. The molecule has 1 aliphatic rings. The molecule has 0 spiro atoms. The molecule has 0 aromatic rings. The van der Waals surface area contributed by atoms with E-state index in [1.807, 2.05) is 0 Å². The van der Waals surface area contributed by atoms with Crippen LogP contribution < -0.4 is 5.32 Å². The monoisotopic (exact) mass is 331 g/mol. The maximum absolute atomic E-state index is 11.8. The molecule has 0 aromatic carbocycles. The van der Waals surface area contributed by atoms with Gasteiger partial charge in [-0.25, -0.2) is 0 Å². The summed E-state index contributed by atoms with van der Waals surface area (Å²) in [6.07, 6.45) is 2.74. The molecule has 1 N–H and O–H groups in total. The van der Waals surface area contributed by atoms with Crippen LogP contribution in [-0.2, 0) is 9.13 Å². The van der Waals surface area contributed by atoms with E-state index in [0.717, 1.165) is 12.8 Å². The maximum Gasteiger partial charge on any atom is 0.282 e. The molecule has 0 aromatic heterocycles. The Morgan fingerprint density at radius 2 is 1.47 bits per heavy atom. The second kappa shape index (κ2) is 5.06. The first-order chi connectivity index (χ1) is 6.71. The Balaban J connectivity index is 3.17. The summed E-state index contributed by atoms with van der Waals surface area (Å²) in [4.78, 5) is 0. The summed E-state index contributed by atoms with van der Waals surface area (Å²) >= 11 is 22.6. The smallest absolute Gasteiger partial charge is 0.282 e. The van der Waals surface area contributed by atoms with E-state index in [2.05, 4.69) is 5.32 Å². The minimum atomic E-state index is -3.72. The van der Waals surface area contributed by atoms with E-state index in [4.69, 9.17) is 45.0 Å². The summed E-state index contributed by atoms with van der Waals surface area (Å²) < 4.78 is 23.6. The van der Waals surface area contributed by atoms with E-state index in [1.165, 1.54) is 0 Å². The fourth-order valence-electron chi connectivity index (χ4n) is 1.63. The molecule has 1 rings (SSSR count). The second-order valence-electron chi connectivity index (χ2n) is 3.48. The highest BCUT2D eigenvalue weighted by Crippen LogP contribution is 2.85. The fourth-order valence-corrected chi connectivity index (χ4v) is 11.1. The summed E-state index contributed by atoms with van der Waals surface area (Å²) in [7, 11) is 0. The van der Waals surface area contributed by atoms with E-state index in [0.29, 0.717) is 13.0 Å². The van der Waals surface area contributed by atoms with Crippen LogP contribution in [0.5, 0.6) is 0 Å². The van der Waals surface area contributed by atoms with Gasteiger partial charge in [-0.05, 0) is 64.3 Å². The predicted octanol–water partition coefficient (Wildman–Crippen LogP) is 5.15. The number of hydrogen-bond donors (Lipinski definition) is 1. The van der Waals surface area contributed by atoms with Crippen LogP contribution in [0.4, 0.5) is 0 Å². The van der Waals surface area contributed by atoms with Crippen LogP contribution in [0.2, 0.25) is 0 Å². The first-order valence-corrected chi connectivity index (χ1v) is 11.5. The van der Waals surface area contributed by atoms with E-state index < -0.39 is 16.7 Å². The Hall–Kier alpha value is 1.58. The van der Waals surface area contributed by atoms with E-state index in [9.17, 15) is 9.13 Å². The molecular formula is C6H11Cl4NO2P2. The summed E-state index contributed by atoms with van der Waals surface area (Å²) in [6.45, 7) is 0.507. The average Bonchev–Trinajstić information content (AvgIpc) is 2.25. The quantitative estimate of drug-likeness (QED) is 0.712. The van der Waals surface area contributed by atoms with E-state index >= 15 is 0 Å². The van der Waals surface area contributed by atoms with Crippen LogP contribution in [0.15, 0.2) is 0 Å². The number of rotatable bonds is 2. The van der Waals surface area contributed by atoms with Crippen molar-refractivity contribution in [3.63, 3.8) is 0 Å². The first kappa shape index (κ1) is 14.6. The predicted molar refractivity (Wildman–Crippen MR) is 67.8 cm³/mol. The third-order valence-electron chi connectivity index (χ3n) is 2.47. The summed E-state index contributed by atoms with van der Waals surface area (Å²) in [5, 5.41) is 1.28. The van der Waals surface area contributed by atoms with Gasteiger partial charge in [-0.1, -0.05) is 12.8 Å². The summed E-state index contributed by atoms with van der Waals surface area (Å²) in [6, 6.07) is 0. The number of nitrogens with one attached hydrogen (secondary N) is 1. The summed E-state index contributed by atoms with van der Waals surface area (Å²) in [5.74, 6) is -7.43. The molecule has 3 nitrogen and oxygen atoms in total. The van der Waals surface area contributed by atoms with Crippen molar-refractivity contribution in [1.29, 1.82) is 0 Å². The molecule has 1 fully saturated rings. The molecule has 0 bridgehead atoms. The highest BCUT2D eigenvalue weighted by Gasteiger charge is 2.58. The minimum Gasteiger partial charge on any atom is -0.295 e. The van der Waals surface area contributed by atoms with Gasteiger partial charge in [0.2, 0.25) is 0 Å². The Bertz CT molecular complexity index is 293. The van der Waals surface area contributed by atoms with Crippen molar-refractivity contribution in [1.82, 2.24) is 5.32 Å². The lowest BCUT2D eigenvalue weighted by atomic mass is 10.2. The summed E-state index contributed by atoms with van der Waals surface area (Å²) in [5.41, 5.74) is 0. The minimum absolute atomic E-state index is 0.265.